The second kappa shape index (κ2) is 4.05. The molecule has 0 aliphatic carbocycles. The van der Waals surface area contributed by atoms with Gasteiger partial charge in [-0.2, -0.15) is 0 Å². The van der Waals surface area contributed by atoms with Gasteiger partial charge >= 0.3 is 0 Å². The number of nitrogens with zero attached hydrogens (tertiary/aromatic N) is 1. The van der Waals surface area contributed by atoms with Gasteiger partial charge in [0, 0.05) is 12.2 Å². The summed E-state index contributed by atoms with van der Waals surface area (Å²) in [5.41, 5.74) is 1.24. The first-order valence-electron chi connectivity index (χ1n) is 4.35. The second-order valence-corrected chi connectivity index (χ2v) is 4.52. The Bertz CT molecular complexity index is 268. The monoisotopic (exact) mass is 196 g/mol. The van der Waals surface area contributed by atoms with Gasteiger partial charge in [-0.15, -0.1) is 0 Å². The highest BCUT2D eigenvalue weighted by Gasteiger charge is 2.24. The molecule has 1 saturated heterocycles. The van der Waals surface area contributed by atoms with Gasteiger partial charge in [0.25, 0.3) is 0 Å². The van der Waals surface area contributed by atoms with Gasteiger partial charge in [0.2, 0.25) is 8.45 Å². The normalized spacial score (nSPS) is 22.2. The first-order valence-corrected chi connectivity index (χ1v) is 5.56. The molecule has 0 radical (unpaired) electrons. The summed E-state index contributed by atoms with van der Waals surface area (Å²) in [4.78, 5) is 0. The van der Waals surface area contributed by atoms with E-state index in [9.17, 15) is 0 Å². The highest BCUT2D eigenvalue weighted by molar-refractivity contribution is 7.52. The molecule has 1 aliphatic rings. The van der Waals surface area contributed by atoms with Crippen molar-refractivity contribution in [3.05, 3.63) is 30.3 Å². The van der Waals surface area contributed by atoms with Crippen LogP contribution >= 0.6 is 8.45 Å². The number of hydrogen-bond acceptors (Lipinski definition) is 3. The first kappa shape index (κ1) is 8.95. The van der Waals surface area contributed by atoms with E-state index in [0.29, 0.717) is 0 Å². The molecule has 2 rings (SSSR count). The number of rotatable bonds is 2. The van der Waals surface area contributed by atoms with Crippen LogP contribution in [0.1, 0.15) is 0 Å². The Balaban J connectivity index is 2.16. The zero-order valence-corrected chi connectivity index (χ0v) is 8.50. The molecule has 1 heterocycles. The van der Waals surface area contributed by atoms with Gasteiger partial charge in [-0.25, -0.2) is 0 Å². The van der Waals surface area contributed by atoms with Crippen LogP contribution < -0.4 is 9.76 Å². The van der Waals surface area contributed by atoms with Crippen LogP contribution in [0.2, 0.25) is 0 Å². The van der Waals surface area contributed by atoms with E-state index in [2.05, 4.69) is 34.0 Å². The topological polar surface area (TPSA) is 24.5 Å². The smallest absolute Gasteiger partial charge is 0.215 e. The van der Waals surface area contributed by atoms with Gasteiger partial charge in [0.15, 0.2) is 0 Å². The van der Waals surface area contributed by atoms with Crippen molar-refractivity contribution in [1.82, 2.24) is 5.09 Å². The van der Waals surface area contributed by atoms with Crippen LogP contribution in [0.5, 0.6) is 0 Å². The van der Waals surface area contributed by atoms with E-state index in [4.69, 9.17) is 4.52 Å². The van der Waals surface area contributed by atoms with E-state index in [-0.39, 0.29) is 0 Å². The van der Waals surface area contributed by atoms with Crippen molar-refractivity contribution < 1.29 is 4.52 Å². The Morgan fingerprint density at radius 1 is 1.38 bits per heavy atom. The lowest BCUT2D eigenvalue weighted by Gasteiger charge is -2.22. The minimum Gasteiger partial charge on any atom is -0.325 e. The molecule has 1 aromatic carbocycles. The Morgan fingerprint density at radius 2 is 2.15 bits per heavy atom. The molecule has 0 saturated carbocycles. The molecular weight excluding hydrogens is 183 g/mol. The van der Waals surface area contributed by atoms with Gasteiger partial charge in [0.05, 0.1) is 6.61 Å². The first-order chi connectivity index (χ1) is 6.42. The predicted molar refractivity (Wildman–Crippen MR) is 55.7 cm³/mol. The minimum atomic E-state index is -0.599. The number of nitrogens with one attached hydrogen (secondary N) is 1. The molecule has 13 heavy (non-hydrogen) atoms. The summed E-state index contributed by atoms with van der Waals surface area (Å²) in [5.74, 6) is 0. The highest BCUT2D eigenvalue weighted by atomic mass is 31.2. The summed E-state index contributed by atoms with van der Waals surface area (Å²) in [6.07, 6.45) is 0. The zero-order chi connectivity index (χ0) is 9.10. The largest absolute Gasteiger partial charge is 0.325 e. The van der Waals surface area contributed by atoms with Crippen LogP contribution in [0.15, 0.2) is 30.3 Å². The van der Waals surface area contributed by atoms with Crippen molar-refractivity contribution in [2.24, 2.45) is 0 Å². The van der Waals surface area contributed by atoms with E-state index in [1.807, 2.05) is 13.1 Å². The predicted octanol–water partition coefficient (Wildman–Crippen LogP) is 1.97. The third-order valence-electron chi connectivity index (χ3n) is 1.98. The molecule has 1 unspecified atom stereocenters. The molecule has 1 N–H and O–H groups in total. The lowest BCUT2D eigenvalue weighted by Crippen LogP contribution is -2.17. The molecule has 0 bridgehead atoms. The fourth-order valence-electron chi connectivity index (χ4n) is 1.39. The lowest BCUT2D eigenvalue weighted by atomic mass is 10.3. The number of anilines is 1. The third kappa shape index (κ3) is 1.83. The number of para-hydroxylation sites is 1. The maximum absolute atomic E-state index is 5.55. The van der Waals surface area contributed by atoms with E-state index in [1.165, 1.54) is 5.69 Å². The Hall–Kier alpha value is -0.630. The quantitative estimate of drug-likeness (QED) is 0.732. The van der Waals surface area contributed by atoms with Crippen molar-refractivity contribution in [1.29, 1.82) is 0 Å². The fourth-order valence-corrected chi connectivity index (χ4v) is 2.76. The molecule has 70 valence electrons. The zero-order valence-electron chi connectivity index (χ0n) is 7.60. The van der Waals surface area contributed by atoms with Crippen LogP contribution in [0, 0.1) is 0 Å². The molecule has 4 heteroatoms. The number of benzene rings is 1. The van der Waals surface area contributed by atoms with Crippen molar-refractivity contribution in [3.8, 4) is 0 Å². The molecule has 1 fully saturated rings. The van der Waals surface area contributed by atoms with Crippen molar-refractivity contribution in [3.63, 3.8) is 0 Å². The van der Waals surface area contributed by atoms with E-state index in [0.717, 1.165) is 13.2 Å². The van der Waals surface area contributed by atoms with E-state index in [1.54, 1.807) is 0 Å². The van der Waals surface area contributed by atoms with E-state index >= 15 is 0 Å². The van der Waals surface area contributed by atoms with Crippen LogP contribution in [-0.2, 0) is 4.52 Å². The Morgan fingerprint density at radius 3 is 2.85 bits per heavy atom. The molecule has 1 aliphatic heterocycles. The van der Waals surface area contributed by atoms with Gasteiger partial charge in [0.1, 0.15) is 0 Å². The lowest BCUT2D eigenvalue weighted by molar-refractivity contribution is 0.394. The molecule has 3 nitrogen and oxygen atoms in total. The highest BCUT2D eigenvalue weighted by Crippen LogP contribution is 2.44. The van der Waals surface area contributed by atoms with Crippen LogP contribution in [0.3, 0.4) is 0 Å². The van der Waals surface area contributed by atoms with Crippen molar-refractivity contribution in [2.45, 2.75) is 0 Å². The summed E-state index contributed by atoms with van der Waals surface area (Å²) in [6.45, 7) is 1.80. The average molecular weight is 196 g/mol. The molecular formula is C9H13N2OP. The third-order valence-corrected chi connectivity index (χ3v) is 3.66. The summed E-state index contributed by atoms with van der Waals surface area (Å²) in [6, 6.07) is 10.4. The molecule has 0 amide bonds. The summed E-state index contributed by atoms with van der Waals surface area (Å²) < 4.78 is 7.82. The average Bonchev–Trinajstić information content (AvgIpc) is 2.67. The number of hydrogen-bond donors (Lipinski definition) is 1. The molecule has 0 spiro atoms. The standard InChI is InChI=1S/C9H13N2OP/c1-10-13-11(7-8-12-13)9-5-3-2-4-6-9/h2-6,10H,7-8H2,1H3. The molecule has 1 atom stereocenters. The fraction of sp³-hybridized carbons (Fsp3) is 0.333. The SMILES string of the molecule is CNP1OCCN1c1ccccc1. The van der Waals surface area contributed by atoms with Crippen LogP contribution in [-0.4, -0.2) is 20.2 Å². The molecule has 1 aromatic rings. The maximum atomic E-state index is 5.55. The maximum Gasteiger partial charge on any atom is 0.215 e. The Labute approximate surface area is 79.6 Å². The van der Waals surface area contributed by atoms with Gasteiger partial charge < -0.3 is 9.19 Å². The summed E-state index contributed by atoms with van der Waals surface area (Å²) in [5, 5.41) is 3.18. The Kier molecular flexibility index (Phi) is 2.79. The summed E-state index contributed by atoms with van der Waals surface area (Å²) in [7, 11) is 1.34. The molecule has 0 aromatic heterocycles. The second-order valence-electron chi connectivity index (χ2n) is 2.79. The van der Waals surface area contributed by atoms with Crippen LogP contribution in [0.25, 0.3) is 0 Å². The van der Waals surface area contributed by atoms with Crippen molar-refractivity contribution >= 4 is 14.1 Å². The van der Waals surface area contributed by atoms with Crippen molar-refractivity contribution in [2.75, 3.05) is 24.9 Å². The van der Waals surface area contributed by atoms with E-state index < -0.39 is 8.45 Å². The van der Waals surface area contributed by atoms with Gasteiger partial charge in [-0.05, 0) is 19.2 Å². The van der Waals surface area contributed by atoms with Gasteiger partial charge in [-0.3, -0.25) is 5.09 Å². The summed E-state index contributed by atoms with van der Waals surface area (Å²) >= 11 is 0. The van der Waals surface area contributed by atoms with Crippen LogP contribution in [0.4, 0.5) is 5.69 Å². The minimum absolute atomic E-state index is 0.599. The van der Waals surface area contributed by atoms with Gasteiger partial charge in [-0.1, -0.05) is 18.2 Å².